The molecule has 0 spiro atoms. The fourth-order valence-corrected chi connectivity index (χ4v) is 2.92. The Morgan fingerprint density at radius 1 is 1.16 bits per heavy atom. The molecule has 1 aliphatic rings. The van der Waals surface area contributed by atoms with Crippen molar-refractivity contribution in [3.05, 3.63) is 53.4 Å². The molecular weight excluding hydrogens is 308 g/mol. The zero-order valence-corrected chi connectivity index (χ0v) is 15.1. The molecule has 0 amide bonds. The van der Waals surface area contributed by atoms with Crippen LogP contribution in [-0.4, -0.2) is 22.7 Å². The minimum absolute atomic E-state index is 0.631. The molecule has 4 heteroatoms. The number of aryl methyl sites for hydroxylation is 2. The van der Waals surface area contributed by atoms with E-state index in [0.717, 1.165) is 36.3 Å². The van der Waals surface area contributed by atoms with Gasteiger partial charge in [0.1, 0.15) is 0 Å². The highest BCUT2D eigenvalue weighted by atomic mass is 15.1. The zero-order chi connectivity index (χ0) is 17.5. The second kappa shape index (κ2) is 8.56. The molecule has 0 bridgehead atoms. The van der Waals surface area contributed by atoms with E-state index in [1.165, 1.54) is 30.4 Å². The molecule has 1 aromatic carbocycles. The van der Waals surface area contributed by atoms with Crippen molar-refractivity contribution >= 4 is 23.4 Å². The van der Waals surface area contributed by atoms with Crippen molar-refractivity contribution in [1.82, 2.24) is 9.97 Å². The van der Waals surface area contributed by atoms with E-state index in [2.05, 4.69) is 58.4 Å². The molecule has 0 saturated heterocycles. The number of nitrogens with one attached hydrogen (secondary N) is 1. The second-order valence-electron chi connectivity index (χ2n) is 6.48. The van der Waals surface area contributed by atoms with E-state index in [1.54, 1.807) is 6.20 Å². The molecule has 4 nitrogen and oxygen atoms in total. The molecule has 1 aromatic heterocycles. The van der Waals surface area contributed by atoms with Crippen LogP contribution in [-0.2, 0) is 6.42 Å². The van der Waals surface area contributed by atoms with Gasteiger partial charge >= 0.3 is 0 Å². The number of aliphatic imine (C=N–C) groups is 1. The van der Waals surface area contributed by atoms with Gasteiger partial charge in [0.2, 0.25) is 5.95 Å². The van der Waals surface area contributed by atoms with Crippen molar-refractivity contribution in [2.24, 2.45) is 4.99 Å². The third kappa shape index (κ3) is 4.75. The average molecular weight is 334 g/mol. The highest BCUT2D eigenvalue weighted by Crippen LogP contribution is 2.22. The molecule has 0 fully saturated rings. The van der Waals surface area contributed by atoms with E-state index < -0.39 is 0 Å². The SMILES string of the molecule is CCCCCc1ccc(C)c(Nc2nccc(C3=CCCN=C3)n2)c1. The van der Waals surface area contributed by atoms with E-state index in [-0.39, 0.29) is 0 Å². The molecule has 0 radical (unpaired) electrons. The summed E-state index contributed by atoms with van der Waals surface area (Å²) >= 11 is 0. The lowest BCUT2D eigenvalue weighted by atomic mass is 10.0. The first-order valence-electron chi connectivity index (χ1n) is 9.16. The summed E-state index contributed by atoms with van der Waals surface area (Å²) in [6.45, 7) is 5.21. The van der Waals surface area contributed by atoms with Gasteiger partial charge in [-0.1, -0.05) is 38.0 Å². The van der Waals surface area contributed by atoms with Gasteiger partial charge in [-0.05, 0) is 49.4 Å². The summed E-state index contributed by atoms with van der Waals surface area (Å²) in [7, 11) is 0. The second-order valence-corrected chi connectivity index (χ2v) is 6.48. The van der Waals surface area contributed by atoms with Gasteiger partial charge in [0, 0.05) is 30.2 Å². The van der Waals surface area contributed by atoms with Crippen molar-refractivity contribution in [2.75, 3.05) is 11.9 Å². The van der Waals surface area contributed by atoms with Crippen LogP contribution in [0.4, 0.5) is 11.6 Å². The molecule has 1 aliphatic heterocycles. The summed E-state index contributed by atoms with van der Waals surface area (Å²) in [6, 6.07) is 8.55. The highest BCUT2D eigenvalue weighted by molar-refractivity contribution is 6.09. The number of nitrogens with zero attached hydrogens (tertiary/aromatic N) is 3. The van der Waals surface area contributed by atoms with Crippen LogP contribution in [0.5, 0.6) is 0 Å². The van der Waals surface area contributed by atoms with Gasteiger partial charge in [-0.25, -0.2) is 9.97 Å². The molecule has 25 heavy (non-hydrogen) atoms. The first kappa shape index (κ1) is 17.3. The fraction of sp³-hybridized carbons (Fsp3) is 0.381. The number of hydrogen-bond donors (Lipinski definition) is 1. The van der Waals surface area contributed by atoms with Crippen molar-refractivity contribution in [2.45, 2.75) is 46.0 Å². The van der Waals surface area contributed by atoms with Crippen LogP contribution >= 0.6 is 0 Å². The maximum atomic E-state index is 4.66. The topological polar surface area (TPSA) is 50.2 Å². The van der Waals surface area contributed by atoms with Crippen molar-refractivity contribution in [3.63, 3.8) is 0 Å². The number of rotatable bonds is 7. The van der Waals surface area contributed by atoms with Crippen molar-refractivity contribution in [3.8, 4) is 0 Å². The van der Waals surface area contributed by atoms with Gasteiger partial charge < -0.3 is 5.32 Å². The van der Waals surface area contributed by atoms with Crippen LogP contribution in [0.3, 0.4) is 0 Å². The molecule has 1 N–H and O–H groups in total. The Balaban J connectivity index is 1.76. The van der Waals surface area contributed by atoms with Gasteiger partial charge in [0.25, 0.3) is 0 Å². The summed E-state index contributed by atoms with van der Waals surface area (Å²) in [6.07, 6.45) is 11.7. The predicted octanol–water partition coefficient (Wildman–Crippen LogP) is 5.12. The van der Waals surface area contributed by atoms with Crippen LogP contribution in [0, 0.1) is 6.92 Å². The lowest BCUT2D eigenvalue weighted by Gasteiger charge is -2.12. The van der Waals surface area contributed by atoms with Gasteiger partial charge in [0.05, 0.1) is 5.69 Å². The molecule has 130 valence electrons. The van der Waals surface area contributed by atoms with Crippen LogP contribution in [0.15, 0.2) is 41.5 Å². The summed E-state index contributed by atoms with van der Waals surface area (Å²) < 4.78 is 0. The first-order chi connectivity index (χ1) is 12.3. The third-order valence-electron chi connectivity index (χ3n) is 4.42. The Morgan fingerprint density at radius 2 is 2.08 bits per heavy atom. The highest BCUT2D eigenvalue weighted by Gasteiger charge is 2.07. The predicted molar refractivity (Wildman–Crippen MR) is 106 cm³/mol. The minimum atomic E-state index is 0.631. The fourth-order valence-electron chi connectivity index (χ4n) is 2.92. The molecule has 3 rings (SSSR count). The number of allylic oxidation sites excluding steroid dienone is 1. The molecule has 0 saturated carbocycles. The Labute approximate surface area is 150 Å². The summed E-state index contributed by atoms with van der Waals surface area (Å²) in [5.74, 6) is 0.631. The number of unbranched alkanes of at least 4 members (excludes halogenated alkanes) is 2. The quantitative estimate of drug-likeness (QED) is 0.715. The summed E-state index contributed by atoms with van der Waals surface area (Å²) in [5.41, 5.74) is 5.63. The first-order valence-corrected chi connectivity index (χ1v) is 9.16. The number of hydrogen-bond acceptors (Lipinski definition) is 4. The number of benzene rings is 1. The zero-order valence-electron chi connectivity index (χ0n) is 15.1. The lowest BCUT2D eigenvalue weighted by molar-refractivity contribution is 0.717. The third-order valence-corrected chi connectivity index (χ3v) is 4.42. The van der Waals surface area contributed by atoms with Crippen LogP contribution in [0.1, 0.15) is 49.4 Å². The molecular formula is C21H26N4. The lowest BCUT2D eigenvalue weighted by Crippen LogP contribution is -2.03. The van der Waals surface area contributed by atoms with E-state index >= 15 is 0 Å². The molecule has 2 aromatic rings. The summed E-state index contributed by atoms with van der Waals surface area (Å²) in [4.78, 5) is 13.4. The van der Waals surface area contributed by atoms with Crippen molar-refractivity contribution < 1.29 is 0 Å². The van der Waals surface area contributed by atoms with Crippen LogP contribution < -0.4 is 5.32 Å². The van der Waals surface area contributed by atoms with E-state index in [4.69, 9.17) is 0 Å². The van der Waals surface area contributed by atoms with E-state index in [1.807, 2.05) is 12.3 Å². The van der Waals surface area contributed by atoms with Gasteiger partial charge in [-0.15, -0.1) is 0 Å². The van der Waals surface area contributed by atoms with Crippen LogP contribution in [0.2, 0.25) is 0 Å². The average Bonchev–Trinajstić information content (AvgIpc) is 2.65. The molecule has 0 unspecified atom stereocenters. The van der Waals surface area contributed by atoms with Gasteiger partial charge in [0.15, 0.2) is 0 Å². The number of anilines is 2. The molecule has 0 atom stereocenters. The Bertz CT molecular complexity index is 777. The summed E-state index contributed by atoms with van der Waals surface area (Å²) in [5, 5.41) is 3.39. The standard InChI is InChI=1S/C21H26N4/c1-3-4-5-7-17-10-9-16(2)20(14-17)25-21-23-13-11-19(24-21)18-8-6-12-22-15-18/h8-11,13-15H,3-7,12H2,1-2H3,(H,23,24,25). The van der Waals surface area contributed by atoms with Gasteiger partial charge in [-0.3, -0.25) is 4.99 Å². The number of aromatic nitrogens is 2. The normalized spacial score (nSPS) is 13.6. The van der Waals surface area contributed by atoms with Crippen LogP contribution in [0.25, 0.3) is 5.57 Å². The molecule has 0 aliphatic carbocycles. The van der Waals surface area contributed by atoms with E-state index in [0.29, 0.717) is 5.95 Å². The van der Waals surface area contributed by atoms with E-state index in [9.17, 15) is 0 Å². The molecule has 2 heterocycles. The largest absolute Gasteiger partial charge is 0.324 e. The van der Waals surface area contributed by atoms with Crippen molar-refractivity contribution in [1.29, 1.82) is 0 Å². The number of dihydropyridines is 1. The smallest absolute Gasteiger partial charge is 0.227 e. The minimum Gasteiger partial charge on any atom is -0.324 e. The Kier molecular flexibility index (Phi) is 5.94. The van der Waals surface area contributed by atoms with Gasteiger partial charge in [-0.2, -0.15) is 0 Å². The monoisotopic (exact) mass is 334 g/mol. The maximum absolute atomic E-state index is 4.66. The maximum Gasteiger partial charge on any atom is 0.227 e. The Morgan fingerprint density at radius 3 is 2.88 bits per heavy atom. The Hall–Kier alpha value is -2.49.